The van der Waals surface area contributed by atoms with Gasteiger partial charge in [0.1, 0.15) is 0 Å². The first-order valence-electron chi connectivity index (χ1n) is 7.84. The minimum atomic E-state index is 0. The van der Waals surface area contributed by atoms with Crippen LogP contribution in [0.1, 0.15) is 31.2 Å². The second kappa shape index (κ2) is 7.28. The molecule has 2 saturated heterocycles. The summed E-state index contributed by atoms with van der Waals surface area (Å²) in [5.41, 5.74) is 1.18. The number of amides is 1. The molecule has 1 N–H and O–H groups in total. The van der Waals surface area contributed by atoms with Crippen molar-refractivity contribution in [2.75, 3.05) is 26.2 Å². The van der Waals surface area contributed by atoms with Crippen LogP contribution in [0.4, 0.5) is 0 Å². The third-order valence-electron chi connectivity index (χ3n) is 4.78. The molecule has 0 saturated carbocycles. The molecule has 1 unspecified atom stereocenters. The Bertz CT molecular complexity index is 453. The van der Waals surface area contributed by atoms with Crippen LogP contribution in [0.25, 0.3) is 0 Å². The molecule has 1 aromatic carbocycles. The van der Waals surface area contributed by atoms with Crippen molar-refractivity contribution in [1.82, 2.24) is 10.2 Å². The fraction of sp³-hybridized carbons (Fsp3) is 0.588. The average Bonchev–Trinajstić information content (AvgIpc) is 3.06. The highest BCUT2D eigenvalue weighted by Gasteiger charge is 2.39. The largest absolute Gasteiger partial charge is 0.341 e. The monoisotopic (exact) mass is 308 g/mol. The van der Waals surface area contributed by atoms with E-state index in [1.807, 2.05) is 18.2 Å². The molecule has 4 heteroatoms. The molecule has 1 amide bonds. The Hall–Kier alpha value is -1.06. The summed E-state index contributed by atoms with van der Waals surface area (Å²) < 4.78 is 0. The van der Waals surface area contributed by atoms with Gasteiger partial charge in [-0.2, -0.15) is 0 Å². The van der Waals surface area contributed by atoms with E-state index >= 15 is 0 Å². The molecule has 2 heterocycles. The topological polar surface area (TPSA) is 32.3 Å². The number of nitrogens with zero attached hydrogens (tertiary/aromatic N) is 1. The van der Waals surface area contributed by atoms with Crippen LogP contribution in [0.15, 0.2) is 30.3 Å². The van der Waals surface area contributed by atoms with Gasteiger partial charge < -0.3 is 10.2 Å². The Morgan fingerprint density at radius 3 is 2.43 bits per heavy atom. The second-order valence-electron chi connectivity index (χ2n) is 6.17. The molecule has 0 bridgehead atoms. The third kappa shape index (κ3) is 3.41. The summed E-state index contributed by atoms with van der Waals surface area (Å²) in [6.45, 7) is 6.22. The first-order chi connectivity index (χ1) is 9.79. The molecule has 3 rings (SSSR count). The van der Waals surface area contributed by atoms with Crippen LogP contribution < -0.4 is 5.32 Å². The lowest BCUT2D eigenvalue weighted by Gasteiger charge is -2.24. The molecular formula is C17H25ClN2O. The van der Waals surface area contributed by atoms with Crippen molar-refractivity contribution in [2.45, 2.75) is 25.7 Å². The smallest absolute Gasteiger partial charge is 0.230 e. The maximum Gasteiger partial charge on any atom is 0.230 e. The van der Waals surface area contributed by atoms with Gasteiger partial charge in [-0.25, -0.2) is 0 Å². The van der Waals surface area contributed by atoms with Crippen molar-refractivity contribution >= 4 is 18.3 Å². The summed E-state index contributed by atoms with van der Waals surface area (Å²) in [5.74, 6) is 1.74. The highest BCUT2D eigenvalue weighted by Crippen LogP contribution is 2.31. The molecule has 3 nitrogen and oxygen atoms in total. The van der Waals surface area contributed by atoms with Crippen molar-refractivity contribution in [3.05, 3.63) is 35.9 Å². The fourth-order valence-electron chi connectivity index (χ4n) is 3.66. The van der Waals surface area contributed by atoms with E-state index in [2.05, 4.69) is 29.3 Å². The van der Waals surface area contributed by atoms with Crippen molar-refractivity contribution < 1.29 is 4.79 Å². The van der Waals surface area contributed by atoms with Crippen molar-refractivity contribution in [2.24, 2.45) is 11.8 Å². The molecule has 2 aliphatic rings. The molecule has 1 aromatic rings. The minimum absolute atomic E-state index is 0. The maximum atomic E-state index is 12.9. The van der Waals surface area contributed by atoms with Gasteiger partial charge in [0.2, 0.25) is 5.91 Å². The summed E-state index contributed by atoms with van der Waals surface area (Å²) in [4.78, 5) is 15.0. The zero-order valence-corrected chi connectivity index (χ0v) is 13.4. The molecule has 0 spiro atoms. The summed E-state index contributed by atoms with van der Waals surface area (Å²) in [7, 11) is 0. The second-order valence-corrected chi connectivity index (χ2v) is 6.17. The predicted octanol–water partition coefficient (Wildman–Crippen LogP) is 2.67. The fourth-order valence-corrected chi connectivity index (χ4v) is 3.66. The highest BCUT2D eigenvalue weighted by atomic mass is 35.5. The molecule has 116 valence electrons. The summed E-state index contributed by atoms with van der Waals surface area (Å²) >= 11 is 0. The van der Waals surface area contributed by atoms with E-state index in [1.54, 1.807) is 0 Å². The van der Waals surface area contributed by atoms with Crippen molar-refractivity contribution in [3.8, 4) is 0 Å². The number of hydrogen-bond acceptors (Lipinski definition) is 2. The van der Waals surface area contributed by atoms with E-state index in [-0.39, 0.29) is 18.3 Å². The van der Waals surface area contributed by atoms with Gasteiger partial charge in [-0.1, -0.05) is 43.7 Å². The lowest BCUT2D eigenvalue weighted by Crippen LogP contribution is -2.35. The van der Waals surface area contributed by atoms with Crippen LogP contribution >= 0.6 is 12.4 Å². The lowest BCUT2D eigenvalue weighted by molar-refractivity contribution is -0.132. The van der Waals surface area contributed by atoms with Crippen LogP contribution in [0, 0.1) is 11.8 Å². The molecule has 0 aliphatic carbocycles. The normalized spacial score (nSPS) is 25.3. The molecule has 3 atom stereocenters. The zero-order valence-electron chi connectivity index (χ0n) is 12.6. The number of rotatable bonds is 4. The van der Waals surface area contributed by atoms with Crippen LogP contribution in [0.5, 0.6) is 0 Å². The van der Waals surface area contributed by atoms with E-state index in [0.717, 1.165) is 39.0 Å². The number of nitrogens with one attached hydrogen (secondary N) is 1. The minimum Gasteiger partial charge on any atom is -0.341 e. The summed E-state index contributed by atoms with van der Waals surface area (Å²) in [6.07, 6.45) is 2.00. The predicted molar refractivity (Wildman–Crippen MR) is 87.8 cm³/mol. The SMILES string of the molecule is CCCC(C(=O)N1C[C@H]2CNC[C@H]2C1)c1ccccc1.Cl. The van der Waals surface area contributed by atoms with Gasteiger partial charge >= 0.3 is 0 Å². The van der Waals surface area contributed by atoms with Gasteiger partial charge in [-0.05, 0) is 23.8 Å². The van der Waals surface area contributed by atoms with Crippen LogP contribution in [-0.2, 0) is 4.79 Å². The summed E-state index contributed by atoms with van der Waals surface area (Å²) in [5, 5.41) is 3.43. The zero-order chi connectivity index (χ0) is 13.9. The van der Waals surface area contributed by atoms with Gasteiger partial charge in [0.15, 0.2) is 0 Å². The number of hydrogen-bond donors (Lipinski definition) is 1. The van der Waals surface area contributed by atoms with E-state index in [9.17, 15) is 4.79 Å². The molecule has 0 aromatic heterocycles. The van der Waals surface area contributed by atoms with Crippen LogP contribution in [-0.4, -0.2) is 37.0 Å². The molecule has 2 aliphatic heterocycles. The van der Waals surface area contributed by atoms with Gasteiger partial charge in [0, 0.05) is 26.2 Å². The lowest BCUT2D eigenvalue weighted by atomic mass is 9.93. The van der Waals surface area contributed by atoms with Crippen molar-refractivity contribution in [3.63, 3.8) is 0 Å². The molecule has 2 fully saturated rings. The highest BCUT2D eigenvalue weighted by molar-refractivity contribution is 5.85. The average molecular weight is 309 g/mol. The Labute approximate surface area is 133 Å². The van der Waals surface area contributed by atoms with Gasteiger partial charge in [0.05, 0.1) is 5.92 Å². The Balaban J connectivity index is 0.00000161. The van der Waals surface area contributed by atoms with E-state index < -0.39 is 0 Å². The third-order valence-corrected chi connectivity index (χ3v) is 4.78. The Kier molecular flexibility index (Phi) is 5.65. The van der Waals surface area contributed by atoms with E-state index in [4.69, 9.17) is 0 Å². The maximum absolute atomic E-state index is 12.9. The number of carbonyl (C=O) groups is 1. The number of likely N-dealkylation sites (tertiary alicyclic amines) is 1. The number of benzene rings is 1. The quantitative estimate of drug-likeness (QED) is 0.927. The number of fused-ring (bicyclic) bond motifs is 1. The van der Waals surface area contributed by atoms with Gasteiger partial charge in [-0.3, -0.25) is 4.79 Å². The first kappa shape index (κ1) is 16.3. The van der Waals surface area contributed by atoms with Crippen LogP contribution in [0.2, 0.25) is 0 Å². The molecule has 21 heavy (non-hydrogen) atoms. The first-order valence-corrected chi connectivity index (χ1v) is 7.84. The summed E-state index contributed by atoms with van der Waals surface area (Å²) in [6, 6.07) is 10.3. The van der Waals surface area contributed by atoms with Crippen molar-refractivity contribution in [1.29, 1.82) is 0 Å². The standard InChI is InChI=1S/C17H24N2O.ClH/c1-2-6-16(13-7-4-3-5-8-13)17(20)19-11-14-9-18-10-15(14)12-19;/h3-5,7-8,14-16,18H,2,6,9-12H2,1H3;1H/t14-,15+,16?;. The van der Waals surface area contributed by atoms with Crippen LogP contribution in [0.3, 0.4) is 0 Å². The number of carbonyl (C=O) groups excluding carboxylic acids is 1. The Morgan fingerprint density at radius 1 is 1.24 bits per heavy atom. The molecule has 0 radical (unpaired) electrons. The Morgan fingerprint density at radius 2 is 1.86 bits per heavy atom. The molecular weight excluding hydrogens is 284 g/mol. The number of halogens is 1. The van der Waals surface area contributed by atoms with E-state index in [1.165, 1.54) is 5.56 Å². The van der Waals surface area contributed by atoms with Gasteiger partial charge in [0.25, 0.3) is 0 Å². The van der Waals surface area contributed by atoms with E-state index in [0.29, 0.717) is 17.7 Å². The van der Waals surface area contributed by atoms with Gasteiger partial charge in [-0.15, -0.1) is 12.4 Å².